The number of benzene rings is 1. The number of piperidine rings is 1. The summed E-state index contributed by atoms with van der Waals surface area (Å²) in [5.74, 6) is 0.146. The molecule has 0 saturated carbocycles. The van der Waals surface area contributed by atoms with Crippen LogP contribution in [-0.2, 0) is 11.2 Å². The summed E-state index contributed by atoms with van der Waals surface area (Å²) in [7, 11) is 0. The molecule has 1 N–H and O–H groups in total. The van der Waals surface area contributed by atoms with Crippen LogP contribution in [0, 0.1) is 0 Å². The number of carbonyl (C=O) groups is 1. The van der Waals surface area contributed by atoms with E-state index in [1.165, 1.54) is 5.56 Å². The van der Waals surface area contributed by atoms with Gasteiger partial charge in [-0.3, -0.25) is 9.69 Å². The molecule has 0 bridgehead atoms. The average molecular weight is 274 g/mol. The van der Waals surface area contributed by atoms with E-state index in [2.05, 4.69) is 11.0 Å². The van der Waals surface area contributed by atoms with E-state index in [1.54, 1.807) is 0 Å². The van der Waals surface area contributed by atoms with Crippen molar-refractivity contribution in [2.45, 2.75) is 31.8 Å². The minimum absolute atomic E-state index is 0.146. The number of nitrogens with zero attached hydrogens (tertiary/aromatic N) is 2. The van der Waals surface area contributed by atoms with E-state index < -0.39 is 5.60 Å². The fourth-order valence-corrected chi connectivity index (χ4v) is 3.33. The molecule has 1 aromatic rings. The smallest absolute Gasteiger partial charge is 0.241 e. The second kappa shape index (κ2) is 5.19. The van der Waals surface area contributed by atoms with E-state index in [1.807, 2.05) is 30.0 Å². The predicted octanol–water partition coefficient (Wildman–Crippen LogP) is 1.42. The monoisotopic (exact) mass is 274 g/mol. The molecule has 0 aromatic heterocycles. The van der Waals surface area contributed by atoms with E-state index >= 15 is 0 Å². The van der Waals surface area contributed by atoms with Gasteiger partial charge in [0, 0.05) is 18.8 Å². The van der Waals surface area contributed by atoms with Crippen LogP contribution in [0.5, 0.6) is 0 Å². The number of rotatable bonds is 2. The third-order valence-corrected chi connectivity index (χ3v) is 4.30. The Morgan fingerprint density at radius 3 is 2.95 bits per heavy atom. The molecule has 108 valence electrons. The lowest BCUT2D eigenvalue weighted by Gasteiger charge is -2.37. The van der Waals surface area contributed by atoms with E-state index in [0.717, 1.165) is 38.0 Å². The lowest BCUT2D eigenvalue weighted by molar-refractivity contribution is -0.121. The second-order valence-corrected chi connectivity index (χ2v) is 6.24. The summed E-state index contributed by atoms with van der Waals surface area (Å²) in [4.78, 5) is 16.5. The Bertz CT molecular complexity index is 513. The van der Waals surface area contributed by atoms with E-state index in [-0.39, 0.29) is 5.91 Å². The number of aliphatic hydroxyl groups is 1. The molecule has 1 unspecified atom stereocenters. The van der Waals surface area contributed by atoms with E-state index in [0.29, 0.717) is 13.1 Å². The molecule has 0 spiro atoms. The minimum Gasteiger partial charge on any atom is -0.389 e. The largest absolute Gasteiger partial charge is 0.389 e. The summed E-state index contributed by atoms with van der Waals surface area (Å²) in [5.41, 5.74) is 1.66. The first kappa shape index (κ1) is 13.6. The maximum absolute atomic E-state index is 12.5. The highest BCUT2D eigenvalue weighted by atomic mass is 16.3. The number of amides is 1. The van der Waals surface area contributed by atoms with Gasteiger partial charge in [-0.25, -0.2) is 0 Å². The molecule has 1 atom stereocenters. The molecule has 4 nitrogen and oxygen atoms in total. The quantitative estimate of drug-likeness (QED) is 0.887. The van der Waals surface area contributed by atoms with Crippen LogP contribution in [0.4, 0.5) is 5.69 Å². The Labute approximate surface area is 120 Å². The van der Waals surface area contributed by atoms with E-state index in [9.17, 15) is 9.90 Å². The Kier molecular flexibility index (Phi) is 3.52. The fraction of sp³-hybridized carbons (Fsp3) is 0.562. The molecule has 2 aliphatic heterocycles. The van der Waals surface area contributed by atoms with Crippen molar-refractivity contribution >= 4 is 11.6 Å². The third kappa shape index (κ3) is 2.72. The molecule has 2 aliphatic rings. The Morgan fingerprint density at radius 1 is 1.35 bits per heavy atom. The van der Waals surface area contributed by atoms with Crippen molar-refractivity contribution in [3.05, 3.63) is 29.8 Å². The van der Waals surface area contributed by atoms with Crippen LogP contribution in [0.1, 0.15) is 25.3 Å². The lowest BCUT2D eigenvalue weighted by Crippen LogP contribution is -2.49. The summed E-state index contributed by atoms with van der Waals surface area (Å²) < 4.78 is 0. The number of β-amino-alcohol motifs (C(OH)–C–C–N with tert-alkyl or cyclic N) is 1. The number of fused-ring (bicyclic) bond motifs is 1. The Morgan fingerprint density at radius 2 is 2.15 bits per heavy atom. The molecule has 20 heavy (non-hydrogen) atoms. The van der Waals surface area contributed by atoms with Crippen LogP contribution < -0.4 is 4.90 Å². The average Bonchev–Trinajstić information content (AvgIpc) is 2.81. The highest BCUT2D eigenvalue weighted by Gasteiger charge is 2.31. The van der Waals surface area contributed by atoms with Crippen molar-refractivity contribution in [3.8, 4) is 0 Å². The van der Waals surface area contributed by atoms with Crippen LogP contribution in [-0.4, -0.2) is 47.7 Å². The van der Waals surface area contributed by atoms with Crippen molar-refractivity contribution in [1.82, 2.24) is 4.90 Å². The Hall–Kier alpha value is -1.39. The van der Waals surface area contributed by atoms with Gasteiger partial charge in [0.05, 0.1) is 12.1 Å². The van der Waals surface area contributed by atoms with Crippen molar-refractivity contribution in [2.24, 2.45) is 0 Å². The second-order valence-electron chi connectivity index (χ2n) is 6.24. The number of para-hydroxylation sites is 1. The highest BCUT2D eigenvalue weighted by molar-refractivity contribution is 5.96. The molecule has 1 aromatic carbocycles. The summed E-state index contributed by atoms with van der Waals surface area (Å²) in [6, 6.07) is 8.12. The molecule has 2 heterocycles. The molecule has 4 heteroatoms. The van der Waals surface area contributed by atoms with Crippen molar-refractivity contribution < 1.29 is 9.90 Å². The SMILES string of the molecule is CC1(O)CCCN(CC(=O)N2CCc3ccccc32)C1. The van der Waals surface area contributed by atoms with Gasteiger partial charge in [-0.15, -0.1) is 0 Å². The molecule has 0 aliphatic carbocycles. The first-order valence-electron chi connectivity index (χ1n) is 7.38. The van der Waals surface area contributed by atoms with Crippen LogP contribution in [0.25, 0.3) is 0 Å². The van der Waals surface area contributed by atoms with Gasteiger partial charge in [0.1, 0.15) is 0 Å². The van der Waals surface area contributed by atoms with Gasteiger partial charge in [-0.05, 0) is 44.4 Å². The number of hydrogen-bond donors (Lipinski definition) is 1. The predicted molar refractivity (Wildman–Crippen MR) is 78.8 cm³/mol. The lowest BCUT2D eigenvalue weighted by atomic mass is 9.95. The molecule has 1 amide bonds. The summed E-state index contributed by atoms with van der Waals surface area (Å²) in [6.07, 6.45) is 2.72. The minimum atomic E-state index is -0.651. The molecule has 3 rings (SSSR count). The number of likely N-dealkylation sites (tertiary alicyclic amines) is 1. The van der Waals surface area contributed by atoms with E-state index in [4.69, 9.17) is 0 Å². The molecular formula is C16H22N2O2. The normalized spacial score (nSPS) is 26.6. The Balaban J connectivity index is 1.66. The third-order valence-electron chi connectivity index (χ3n) is 4.30. The number of carbonyl (C=O) groups excluding carboxylic acids is 1. The van der Waals surface area contributed by atoms with Gasteiger partial charge in [-0.1, -0.05) is 18.2 Å². The highest BCUT2D eigenvalue weighted by Crippen LogP contribution is 2.28. The van der Waals surface area contributed by atoms with Crippen molar-refractivity contribution in [3.63, 3.8) is 0 Å². The number of hydrogen-bond acceptors (Lipinski definition) is 3. The fourth-order valence-electron chi connectivity index (χ4n) is 3.33. The maximum Gasteiger partial charge on any atom is 0.241 e. The topological polar surface area (TPSA) is 43.8 Å². The van der Waals surface area contributed by atoms with Gasteiger partial charge in [-0.2, -0.15) is 0 Å². The molecule has 0 radical (unpaired) electrons. The van der Waals surface area contributed by atoms with Gasteiger partial charge in [0.15, 0.2) is 0 Å². The zero-order valence-electron chi connectivity index (χ0n) is 12.0. The van der Waals surface area contributed by atoms with Gasteiger partial charge in [0.25, 0.3) is 0 Å². The standard InChI is InChI=1S/C16H22N2O2/c1-16(20)8-4-9-17(12-16)11-15(19)18-10-7-13-5-2-3-6-14(13)18/h2-3,5-6,20H,4,7-12H2,1H3. The zero-order valence-corrected chi connectivity index (χ0v) is 12.0. The van der Waals surface area contributed by atoms with Gasteiger partial charge in [0.2, 0.25) is 5.91 Å². The van der Waals surface area contributed by atoms with Crippen LogP contribution in [0.15, 0.2) is 24.3 Å². The van der Waals surface area contributed by atoms with Crippen molar-refractivity contribution in [1.29, 1.82) is 0 Å². The maximum atomic E-state index is 12.5. The summed E-state index contributed by atoms with van der Waals surface area (Å²) >= 11 is 0. The first-order valence-corrected chi connectivity index (χ1v) is 7.38. The zero-order chi connectivity index (χ0) is 14.2. The number of anilines is 1. The summed E-state index contributed by atoms with van der Waals surface area (Å²) in [6.45, 7) is 4.54. The summed E-state index contributed by atoms with van der Waals surface area (Å²) in [5, 5.41) is 10.1. The molecule has 1 saturated heterocycles. The van der Waals surface area contributed by atoms with Crippen LogP contribution in [0.3, 0.4) is 0 Å². The van der Waals surface area contributed by atoms with Gasteiger partial charge >= 0.3 is 0 Å². The van der Waals surface area contributed by atoms with Crippen molar-refractivity contribution in [2.75, 3.05) is 31.1 Å². The van der Waals surface area contributed by atoms with Crippen LogP contribution >= 0.6 is 0 Å². The van der Waals surface area contributed by atoms with Gasteiger partial charge < -0.3 is 10.0 Å². The first-order chi connectivity index (χ1) is 9.55. The molecule has 1 fully saturated rings. The van der Waals surface area contributed by atoms with Crippen LogP contribution in [0.2, 0.25) is 0 Å². The molecular weight excluding hydrogens is 252 g/mol.